The number of quaternary nitrogens is 1. The maximum atomic E-state index is 5.74. The normalized spacial score (nSPS) is 11.8. The molecule has 0 amide bonds. The van der Waals surface area contributed by atoms with Crippen LogP contribution in [0.4, 0.5) is 0 Å². The molecular weight excluding hydrogens is 182 g/mol. The number of allylic oxidation sites excluding steroid dienone is 2. The summed E-state index contributed by atoms with van der Waals surface area (Å²) in [6, 6.07) is 0. The molecule has 0 aliphatic carbocycles. The fourth-order valence-corrected chi connectivity index (χ4v) is 0.838. The van der Waals surface area contributed by atoms with Crippen molar-refractivity contribution < 1.29 is 4.48 Å². The summed E-state index contributed by atoms with van der Waals surface area (Å²) >= 11 is 5.74. The molecule has 0 aromatic rings. The lowest BCUT2D eigenvalue weighted by Crippen LogP contribution is -2.39. The molecule has 2 heteroatoms. The Kier molecular flexibility index (Phi) is 5.53. The summed E-state index contributed by atoms with van der Waals surface area (Å²) in [5.41, 5.74) is 0. The minimum absolute atomic E-state index is 0.812. The fourth-order valence-electron chi connectivity index (χ4n) is 0.769. The van der Waals surface area contributed by atoms with Gasteiger partial charge >= 0.3 is 0 Å². The number of rotatable bonds is 3. The van der Waals surface area contributed by atoms with Crippen LogP contribution in [0.25, 0.3) is 0 Å². The van der Waals surface area contributed by atoms with Crippen molar-refractivity contribution in [3.05, 3.63) is 23.8 Å². The van der Waals surface area contributed by atoms with Crippen LogP contribution in [0.3, 0.4) is 0 Å². The van der Waals surface area contributed by atoms with Gasteiger partial charge in [-0.25, -0.2) is 0 Å². The number of nitrogens with zero attached hydrogens (tertiary/aromatic N) is 1. The Morgan fingerprint density at radius 1 is 1.54 bits per heavy atom. The molecule has 0 fully saturated rings. The molecule has 72 valence electrons. The highest BCUT2D eigenvalue weighted by molar-refractivity contribution is 6.29. The lowest BCUT2D eigenvalue weighted by molar-refractivity contribution is -0.877. The smallest absolute Gasteiger partial charge is 0.141 e. The van der Waals surface area contributed by atoms with Gasteiger partial charge in [0.2, 0.25) is 0 Å². The Hall–Kier alpha value is -0.710. The predicted molar refractivity (Wildman–Crippen MR) is 59.4 cm³/mol. The zero-order valence-electron chi connectivity index (χ0n) is 8.60. The summed E-state index contributed by atoms with van der Waals surface area (Å²) in [4.78, 5) is 0. The Bertz CT molecular complexity index is 249. The van der Waals surface area contributed by atoms with Gasteiger partial charge in [0.25, 0.3) is 0 Å². The first-order chi connectivity index (χ1) is 5.98. The van der Waals surface area contributed by atoms with Crippen molar-refractivity contribution in [3.63, 3.8) is 0 Å². The molecule has 0 N–H and O–H groups in total. The molecule has 0 aliphatic rings. The molecule has 0 aliphatic heterocycles. The molecule has 0 unspecified atom stereocenters. The molecular formula is C11H17ClN+. The van der Waals surface area contributed by atoms with Crippen LogP contribution < -0.4 is 0 Å². The number of hydrogen-bond donors (Lipinski definition) is 0. The van der Waals surface area contributed by atoms with E-state index in [0.29, 0.717) is 0 Å². The Morgan fingerprint density at radius 2 is 2.15 bits per heavy atom. The van der Waals surface area contributed by atoms with E-state index in [9.17, 15) is 0 Å². The second-order valence-electron chi connectivity index (χ2n) is 3.59. The Balaban J connectivity index is 4.08. The number of hydrogen-bond acceptors (Lipinski definition) is 0. The van der Waals surface area contributed by atoms with Gasteiger partial charge in [0, 0.05) is 5.03 Å². The average Bonchev–Trinajstić information content (AvgIpc) is 2.02. The first-order valence-corrected chi connectivity index (χ1v) is 4.59. The minimum atomic E-state index is 0.812. The number of halogens is 1. The molecule has 0 aromatic carbocycles. The third kappa shape index (κ3) is 7.64. The summed E-state index contributed by atoms with van der Waals surface area (Å²) in [5.74, 6) is 5.87. The van der Waals surface area contributed by atoms with E-state index in [1.54, 1.807) is 6.08 Å². The minimum Gasteiger partial charge on any atom is -0.315 e. The topological polar surface area (TPSA) is 0 Å². The Morgan fingerprint density at radius 3 is 2.62 bits per heavy atom. The van der Waals surface area contributed by atoms with Crippen molar-refractivity contribution in [2.75, 3.05) is 27.2 Å². The van der Waals surface area contributed by atoms with Gasteiger partial charge in [-0.3, -0.25) is 0 Å². The lowest BCUT2D eigenvalue weighted by atomic mass is 10.4. The standard InChI is InChI=1S/C11H17ClN/c1-5-6-7-9-13(3,4)10-8-11(2)12/h5,8H,1,9-10H2,2-4H3/q+1/b11-8+. The van der Waals surface area contributed by atoms with Gasteiger partial charge in [-0.2, -0.15) is 0 Å². The number of likely N-dealkylation sites (N-methyl/N-ethyl adjacent to an activating group) is 1. The van der Waals surface area contributed by atoms with Crippen LogP contribution in [0.1, 0.15) is 6.92 Å². The SMILES string of the molecule is C=CC#CC[N+](C)(C)C/C=C(\C)Cl. The van der Waals surface area contributed by atoms with Gasteiger partial charge in [-0.1, -0.05) is 24.1 Å². The van der Waals surface area contributed by atoms with Gasteiger partial charge in [-0.15, -0.1) is 0 Å². The zero-order chi connectivity index (χ0) is 10.3. The van der Waals surface area contributed by atoms with Crippen molar-refractivity contribution in [2.24, 2.45) is 0 Å². The van der Waals surface area contributed by atoms with Crippen LogP contribution in [-0.2, 0) is 0 Å². The fraction of sp³-hybridized carbons (Fsp3) is 0.455. The van der Waals surface area contributed by atoms with E-state index in [-0.39, 0.29) is 0 Å². The summed E-state index contributed by atoms with van der Waals surface area (Å²) in [7, 11) is 4.24. The van der Waals surface area contributed by atoms with E-state index in [1.807, 2.05) is 13.0 Å². The second kappa shape index (κ2) is 5.85. The van der Waals surface area contributed by atoms with Gasteiger partial charge < -0.3 is 4.48 Å². The zero-order valence-corrected chi connectivity index (χ0v) is 9.36. The van der Waals surface area contributed by atoms with Gasteiger partial charge in [0.1, 0.15) is 6.54 Å². The molecule has 0 rings (SSSR count). The summed E-state index contributed by atoms with van der Waals surface area (Å²) < 4.78 is 0.824. The van der Waals surface area contributed by atoms with Gasteiger partial charge in [-0.05, 0) is 25.0 Å². The first kappa shape index (κ1) is 12.3. The molecule has 0 saturated heterocycles. The first-order valence-electron chi connectivity index (χ1n) is 4.21. The highest BCUT2D eigenvalue weighted by Crippen LogP contribution is 2.02. The molecule has 0 atom stereocenters. The molecule has 13 heavy (non-hydrogen) atoms. The molecule has 0 saturated carbocycles. The van der Waals surface area contributed by atoms with Gasteiger partial charge in [0.15, 0.2) is 0 Å². The van der Waals surface area contributed by atoms with Crippen LogP contribution in [0.15, 0.2) is 23.8 Å². The summed E-state index contributed by atoms with van der Waals surface area (Å²) in [6.07, 6.45) is 3.62. The quantitative estimate of drug-likeness (QED) is 0.483. The van der Waals surface area contributed by atoms with E-state index in [1.165, 1.54) is 0 Å². The van der Waals surface area contributed by atoms with Crippen molar-refractivity contribution in [1.82, 2.24) is 0 Å². The highest BCUT2D eigenvalue weighted by atomic mass is 35.5. The van der Waals surface area contributed by atoms with E-state index in [0.717, 1.165) is 22.6 Å². The van der Waals surface area contributed by atoms with E-state index in [4.69, 9.17) is 11.6 Å². The van der Waals surface area contributed by atoms with Crippen LogP contribution >= 0.6 is 11.6 Å². The maximum absolute atomic E-state index is 5.74. The van der Waals surface area contributed by atoms with Crippen LogP contribution in [0.2, 0.25) is 0 Å². The van der Waals surface area contributed by atoms with Crippen molar-refractivity contribution >= 4 is 11.6 Å². The van der Waals surface area contributed by atoms with Crippen molar-refractivity contribution in [1.29, 1.82) is 0 Å². The maximum Gasteiger partial charge on any atom is 0.141 e. The molecule has 0 heterocycles. The second-order valence-corrected chi connectivity index (χ2v) is 4.19. The predicted octanol–water partition coefficient (Wildman–Crippen LogP) is 2.39. The molecule has 1 nitrogen and oxygen atoms in total. The van der Waals surface area contributed by atoms with Crippen molar-refractivity contribution in [3.8, 4) is 11.8 Å². The summed E-state index contributed by atoms with van der Waals surface area (Å²) in [6.45, 7) is 7.14. The third-order valence-corrected chi connectivity index (χ3v) is 1.73. The Labute approximate surface area is 86.3 Å². The summed E-state index contributed by atoms with van der Waals surface area (Å²) in [5, 5.41) is 0.836. The average molecular weight is 199 g/mol. The van der Waals surface area contributed by atoms with Crippen LogP contribution in [0.5, 0.6) is 0 Å². The molecule has 0 spiro atoms. The van der Waals surface area contributed by atoms with Crippen molar-refractivity contribution in [2.45, 2.75) is 6.92 Å². The molecule has 0 aromatic heterocycles. The molecule has 0 radical (unpaired) electrons. The van der Waals surface area contributed by atoms with E-state index < -0.39 is 0 Å². The van der Waals surface area contributed by atoms with Gasteiger partial charge in [0.05, 0.1) is 20.6 Å². The monoisotopic (exact) mass is 198 g/mol. The van der Waals surface area contributed by atoms with Crippen LogP contribution in [0, 0.1) is 11.8 Å². The highest BCUT2D eigenvalue weighted by Gasteiger charge is 2.10. The van der Waals surface area contributed by atoms with E-state index >= 15 is 0 Å². The van der Waals surface area contributed by atoms with E-state index in [2.05, 4.69) is 32.5 Å². The largest absolute Gasteiger partial charge is 0.315 e. The third-order valence-electron chi connectivity index (χ3n) is 1.58. The lowest BCUT2D eigenvalue weighted by Gasteiger charge is -2.25. The van der Waals surface area contributed by atoms with Crippen LogP contribution in [-0.4, -0.2) is 31.7 Å². The molecule has 0 bridgehead atoms.